The van der Waals surface area contributed by atoms with Gasteiger partial charge in [-0.2, -0.15) is 4.31 Å². The molecule has 0 aliphatic carbocycles. The van der Waals surface area contributed by atoms with E-state index in [0.29, 0.717) is 5.56 Å². The van der Waals surface area contributed by atoms with Crippen molar-refractivity contribution in [1.82, 2.24) is 13.9 Å². The molecule has 2 heterocycles. The molecule has 6 nitrogen and oxygen atoms in total. The number of hydrogen-bond acceptors (Lipinski definition) is 4. The molecule has 1 aromatic carbocycles. The Kier molecular flexibility index (Phi) is 3.99. The summed E-state index contributed by atoms with van der Waals surface area (Å²) in [5.74, 6) is -0.599. The molecule has 1 aliphatic rings. The predicted molar refractivity (Wildman–Crippen MR) is 83.8 cm³/mol. The maximum atomic E-state index is 13.2. The van der Waals surface area contributed by atoms with E-state index in [1.165, 1.54) is 16.4 Å². The van der Waals surface area contributed by atoms with Crippen LogP contribution in [0.3, 0.4) is 0 Å². The number of nitrogens with two attached hydrogens (primary N) is 1. The van der Waals surface area contributed by atoms with Crippen molar-refractivity contribution in [3.05, 3.63) is 47.8 Å². The standard InChI is InChI=1S/C15H19FN4O2S/c1-10-5-11(16)3-4-15(10)23(21,22)20-6-12(13(17)7-20)14-8-19(2)9-18-14/h3-5,8-9,12-13H,6-7,17H2,1-2H3/t12-,13-/m1/s1. The summed E-state index contributed by atoms with van der Waals surface area (Å²) in [6, 6.07) is 3.37. The number of nitrogens with zero attached hydrogens (tertiary/aromatic N) is 3. The van der Waals surface area contributed by atoms with Crippen LogP contribution in [-0.4, -0.2) is 41.4 Å². The summed E-state index contributed by atoms with van der Waals surface area (Å²) in [5.41, 5.74) is 7.31. The molecule has 0 amide bonds. The average Bonchev–Trinajstić information content (AvgIpc) is 3.04. The second-order valence-corrected chi connectivity index (χ2v) is 7.87. The van der Waals surface area contributed by atoms with Crippen molar-refractivity contribution in [2.24, 2.45) is 12.8 Å². The number of halogens is 1. The van der Waals surface area contributed by atoms with Gasteiger partial charge in [0.2, 0.25) is 10.0 Å². The van der Waals surface area contributed by atoms with E-state index in [-0.39, 0.29) is 29.9 Å². The number of imidazole rings is 1. The Balaban J connectivity index is 1.90. The van der Waals surface area contributed by atoms with Crippen molar-refractivity contribution in [2.45, 2.75) is 23.8 Å². The van der Waals surface area contributed by atoms with Crippen molar-refractivity contribution in [3.8, 4) is 0 Å². The van der Waals surface area contributed by atoms with Gasteiger partial charge in [0.1, 0.15) is 5.82 Å². The van der Waals surface area contributed by atoms with Crippen molar-refractivity contribution in [2.75, 3.05) is 13.1 Å². The van der Waals surface area contributed by atoms with Gasteiger partial charge in [0.15, 0.2) is 0 Å². The first kappa shape index (κ1) is 16.1. The lowest BCUT2D eigenvalue weighted by Crippen LogP contribution is -2.32. The summed E-state index contributed by atoms with van der Waals surface area (Å²) in [7, 11) is -1.85. The van der Waals surface area contributed by atoms with E-state index < -0.39 is 15.8 Å². The lowest BCUT2D eigenvalue weighted by Gasteiger charge is -2.17. The monoisotopic (exact) mass is 338 g/mol. The Hall–Kier alpha value is -1.77. The van der Waals surface area contributed by atoms with Crippen molar-refractivity contribution >= 4 is 10.0 Å². The lowest BCUT2D eigenvalue weighted by atomic mass is 10.0. The normalized spacial score (nSPS) is 22.6. The maximum Gasteiger partial charge on any atom is 0.243 e. The Morgan fingerprint density at radius 2 is 2.09 bits per heavy atom. The molecule has 0 bridgehead atoms. The van der Waals surface area contributed by atoms with Crippen LogP contribution in [0.25, 0.3) is 0 Å². The van der Waals surface area contributed by atoms with E-state index >= 15 is 0 Å². The smallest absolute Gasteiger partial charge is 0.243 e. The van der Waals surface area contributed by atoms with Crippen LogP contribution in [0.4, 0.5) is 4.39 Å². The Morgan fingerprint density at radius 1 is 1.35 bits per heavy atom. The number of hydrogen-bond donors (Lipinski definition) is 1. The molecule has 2 aromatic rings. The lowest BCUT2D eigenvalue weighted by molar-refractivity contribution is 0.469. The molecular weight excluding hydrogens is 319 g/mol. The molecule has 1 saturated heterocycles. The summed E-state index contributed by atoms with van der Waals surface area (Å²) in [5, 5.41) is 0. The topological polar surface area (TPSA) is 81.2 Å². The summed E-state index contributed by atoms with van der Waals surface area (Å²) in [6.07, 6.45) is 3.52. The summed E-state index contributed by atoms with van der Waals surface area (Å²) >= 11 is 0. The largest absolute Gasteiger partial charge is 0.340 e. The number of aromatic nitrogens is 2. The van der Waals surface area contributed by atoms with E-state index in [2.05, 4.69) is 4.98 Å². The third kappa shape index (κ3) is 2.89. The zero-order chi connectivity index (χ0) is 16.8. The Morgan fingerprint density at radius 3 is 2.70 bits per heavy atom. The molecule has 3 rings (SSSR count). The van der Waals surface area contributed by atoms with Crippen molar-refractivity contribution in [1.29, 1.82) is 0 Å². The fourth-order valence-corrected chi connectivity index (χ4v) is 4.68. The molecule has 1 fully saturated rings. The van der Waals surface area contributed by atoms with Crippen LogP contribution in [0.15, 0.2) is 35.6 Å². The van der Waals surface area contributed by atoms with E-state index in [1.54, 1.807) is 13.3 Å². The fourth-order valence-electron chi connectivity index (χ4n) is 2.97. The van der Waals surface area contributed by atoms with Gasteiger partial charge in [0.25, 0.3) is 0 Å². The van der Waals surface area contributed by atoms with E-state index in [4.69, 9.17) is 5.73 Å². The van der Waals surface area contributed by atoms with E-state index in [9.17, 15) is 12.8 Å². The van der Waals surface area contributed by atoms with Gasteiger partial charge < -0.3 is 10.3 Å². The number of aryl methyl sites for hydroxylation is 2. The second-order valence-electron chi connectivity index (χ2n) is 5.97. The molecule has 23 heavy (non-hydrogen) atoms. The minimum absolute atomic E-state index is 0.118. The zero-order valence-electron chi connectivity index (χ0n) is 13.0. The second kappa shape index (κ2) is 5.70. The highest BCUT2D eigenvalue weighted by Crippen LogP contribution is 2.30. The number of rotatable bonds is 3. The first-order chi connectivity index (χ1) is 10.8. The minimum atomic E-state index is -3.70. The van der Waals surface area contributed by atoms with Crippen LogP contribution >= 0.6 is 0 Å². The first-order valence-corrected chi connectivity index (χ1v) is 8.73. The molecule has 0 radical (unpaired) electrons. The molecule has 0 unspecified atom stereocenters. The molecule has 2 atom stereocenters. The number of sulfonamides is 1. The van der Waals surface area contributed by atoms with Gasteiger partial charge in [-0.05, 0) is 30.7 Å². The van der Waals surface area contributed by atoms with Crippen molar-refractivity contribution < 1.29 is 12.8 Å². The van der Waals surface area contributed by atoms with Crippen LogP contribution in [-0.2, 0) is 17.1 Å². The molecule has 124 valence electrons. The predicted octanol–water partition coefficient (Wildman–Crippen LogP) is 0.983. The summed E-state index contributed by atoms with van der Waals surface area (Å²) in [6.45, 7) is 2.08. The van der Waals surface area contributed by atoms with Gasteiger partial charge in [0.05, 0.1) is 16.9 Å². The van der Waals surface area contributed by atoms with Gasteiger partial charge in [0, 0.05) is 38.3 Å². The third-order valence-corrected chi connectivity index (χ3v) is 6.18. The quantitative estimate of drug-likeness (QED) is 0.905. The zero-order valence-corrected chi connectivity index (χ0v) is 13.8. The van der Waals surface area contributed by atoms with E-state index in [0.717, 1.165) is 11.8 Å². The van der Waals surface area contributed by atoms with Crippen LogP contribution in [0.2, 0.25) is 0 Å². The highest BCUT2D eigenvalue weighted by molar-refractivity contribution is 7.89. The summed E-state index contributed by atoms with van der Waals surface area (Å²) < 4.78 is 42.0. The van der Waals surface area contributed by atoms with Crippen LogP contribution < -0.4 is 5.73 Å². The van der Waals surface area contributed by atoms with Gasteiger partial charge in [-0.3, -0.25) is 0 Å². The molecule has 0 saturated carbocycles. The van der Waals surface area contributed by atoms with Crippen molar-refractivity contribution in [3.63, 3.8) is 0 Å². The van der Waals surface area contributed by atoms with Gasteiger partial charge in [-0.25, -0.2) is 17.8 Å². The molecular formula is C15H19FN4O2S. The van der Waals surface area contributed by atoms with E-state index in [1.807, 2.05) is 17.8 Å². The average molecular weight is 338 g/mol. The van der Waals surface area contributed by atoms with Crippen LogP contribution in [0.5, 0.6) is 0 Å². The van der Waals surface area contributed by atoms with Gasteiger partial charge in [-0.15, -0.1) is 0 Å². The first-order valence-electron chi connectivity index (χ1n) is 7.29. The van der Waals surface area contributed by atoms with Gasteiger partial charge >= 0.3 is 0 Å². The molecule has 8 heteroatoms. The Labute approximate surface area is 134 Å². The molecule has 2 N–H and O–H groups in total. The third-order valence-electron chi connectivity index (χ3n) is 4.19. The molecule has 1 aromatic heterocycles. The van der Waals surface area contributed by atoms with Gasteiger partial charge in [-0.1, -0.05) is 0 Å². The SMILES string of the molecule is Cc1cc(F)ccc1S(=O)(=O)N1C[C@@H](N)[C@H](c2cn(C)cn2)C1. The minimum Gasteiger partial charge on any atom is -0.340 e. The Bertz CT molecular complexity index is 834. The molecule has 1 aliphatic heterocycles. The number of benzene rings is 1. The molecule has 0 spiro atoms. The summed E-state index contributed by atoms with van der Waals surface area (Å²) in [4.78, 5) is 4.40. The highest BCUT2D eigenvalue weighted by atomic mass is 32.2. The maximum absolute atomic E-state index is 13.2. The van der Waals surface area contributed by atoms with Crippen LogP contribution in [0.1, 0.15) is 17.2 Å². The fraction of sp³-hybridized carbons (Fsp3) is 0.400. The van der Waals surface area contributed by atoms with Crippen LogP contribution in [0, 0.1) is 12.7 Å². The highest BCUT2D eigenvalue weighted by Gasteiger charge is 2.39.